The minimum absolute atomic E-state index is 0.0740. The highest BCUT2D eigenvalue weighted by atomic mass is 32.1. The molecule has 2 N–H and O–H groups in total. The number of carbonyl (C=O) groups is 1. The first-order chi connectivity index (χ1) is 9.29. The highest BCUT2D eigenvalue weighted by Gasteiger charge is 2.07. The summed E-state index contributed by atoms with van der Waals surface area (Å²) in [5, 5.41) is 13.7. The van der Waals surface area contributed by atoms with Crippen LogP contribution in [-0.4, -0.2) is 24.2 Å². The van der Waals surface area contributed by atoms with Gasteiger partial charge >= 0.3 is 5.97 Å². The van der Waals surface area contributed by atoms with Crippen molar-refractivity contribution < 1.29 is 14.6 Å². The summed E-state index contributed by atoms with van der Waals surface area (Å²) >= 11 is 1.56. The number of thiophene rings is 1. The Balaban J connectivity index is 1.88. The number of aliphatic hydroxyl groups excluding tert-OH is 1. The highest BCUT2D eigenvalue weighted by molar-refractivity contribution is 7.09. The van der Waals surface area contributed by atoms with Crippen LogP contribution in [0, 0.1) is 0 Å². The van der Waals surface area contributed by atoms with E-state index in [1.807, 2.05) is 17.5 Å². The lowest BCUT2D eigenvalue weighted by atomic mass is 10.2. The lowest BCUT2D eigenvalue weighted by Crippen LogP contribution is -2.07. The summed E-state index contributed by atoms with van der Waals surface area (Å²) in [4.78, 5) is 12.8. The van der Waals surface area contributed by atoms with Crippen LogP contribution in [0.25, 0.3) is 0 Å². The first kappa shape index (κ1) is 13.6. The van der Waals surface area contributed by atoms with Crippen molar-refractivity contribution in [2.24, 2.45) is 0 Å². The molecule has 5 heteroatoms. The zero-order valence-electron chi connectivity index (χ0n) is 10.3. The van der Waals surface area contributed by atoms with Crippen molar-refractivity contribution in [3.63, 3.8) is 0 Å². The first-order valence-electron chi connectivity index (χ1n) is 5.94. The minimum atomic E-state index is -0.331. The number of hydrogen-bond acceptors (Lipinski definition) is 5. The van der Waals surface area contributed by atoms with Gasteiger partial charge in [-0.2, -0.15) is 0 Å². The van der Waals surface area contributed by atoms with Gasteiger partial charge in [0.2, 0.25) is 0 Å². The van der Waals surface area contributed by atoms with E-state index in [-0.39, 0.29) is 12.6 Å². The Bertz CT molecular complexity index is 508. The van der Waals surface area contributed by atoms with Crippen molar-refractivity contribution in [3.8, 4) is 0 Å². The Hall–Kier alpha value is -1.85. The summed E-state index contributed by atoms with van der Waals surface area (Å²) in [5.74, 6) is -0.331. The van der Waals surface area contributed by atoms with Gasteiger partial charge in [-0.05, 0) is 35.7 Å². The standard InChI is InChI=1S/C14H15NO3S/c16-8-7-15-12-5-3-11(4-6-12)14(17)18-10-13-2-1-9-19-13/h1-6,9,15-16H,7-8,10H2. The number of ether oxygens (including phenoxy) is 1. The Kier molecular flexibility index (Phi) is 4.94. The van der Waals surface area contributed by atoms with Gasteiger partial charge in [-0.3, -0.25) is 0 Å². The fraction of sp³-hybridized carbons (Fsp3) is 0.214. The highest BCUT2D eigenvalue weighted by Crippen LogP contribution is 2.13. The van der Waals surface area contributed by atoms with Crippen molar-refractivity contribution in [2.75, 3.05) is 18.5 Å². The minimum Gasteiger partial charge on any atom is -0.456 e. The number of aliphatic hydroxyl groups is 1. The van der Waals surface area contributed by atoms with Crippen molar-refractivity contribution >= 4 is 23.0 Å². The zero-order chi connectivity index (χ0) is 13.5. The van der Waals surface area contributed by atoms with Crippen LogP contribution in [-0.2, 0) is 11.3 Å². The maximum atomic E-state index is 11.8. The van der Waals surface area contributed by atoms with Gasteiger partial charge in [0.1, 0.15) is 6.61 Å². The van der Waals surface area contributed by atoms with Crippen LogP contribution in [0.4, 0.5) is 5.69 Å². The van der Waals surface area contributed by atoms with Crippen LogP contribution in [0.3, 0.4) is 0 Å². The van der Waals surface area contributed by atoms with E-state index >= 15 is 0 Å². The molecule has 0 spiro atoms. The fourth-order valence-corrected chi connectivity index (χ4v) is 2.16. The Morgan fingerprint density at radius 2 is 2.05 bits per heavy atom. The number of carbonyl (C=O) groups excluding carboxylic acids is 1. The van der Waals surface area contributed by atoms with Crippen LogP contribution >= 0.6 is 11.3 Å². The molecule has 0 aliphatic rings. The molecule has 0 radical (unpaired) electrons. The molecule has 0 bridgehead atoms. The van der Waals surface area contributed by atoms with Gasteiger partial charge in [0.05, 0.1) is 12.2 Å². The second kappa shape index (κ2) is 6.92. The number of benzene rings is 1. The third kappa shape index (κ3) is 4.08. The molecular formula is C14H15NO3S. The maximum Gasteiger partial charge on any atom is 0.338 e. The van der Waals surface area contributed by atoms with E-state index in [0.29, 0.717) is 18.7 Å². The lowest BCUT2D eigenvalue weighted by molar-refractivity contribution is 0.0477. The Morgan fingerprint density at radius 3 is 2.68 bits per heavy atom. The van der Waals surface area contributed by atoms with E-state index in [0.717, 1.165) is 10.6 Å². The molecule has 0 aliphatic heterocycles. The molecule has 1 aromatic carbocycles. The predicted octanol–water partition coefficient (Wildman–Crippen LogP) is 2.51. The summed E-state index contributed by atoms with van der Waals surface area (Å²) in [7, 11) is 0. The molecule has 100 valence electrons. The van der Waals surface area contributed by atoms with Gasteiger partial charge in [0.15, 0.2) is 0 Å². The van der Waals surface area contributed by atoms with Crippen molar-refractivity contribution in [1.29, 1.82) is 0 Å². The predicted molar refractivity (Wildman–Crippen MR) is 75.5 cm³/mol. The molecule has 0 saturated carbocycles. The SMILES string of the molecule is O=C(OCc1cccs1)c1ccc(NCCO)cc1. The number of hydrogen-bond donors (Lipinski definition) is 2. The molecule has 2 rings (SSSR count). The van der Waals surface area contributed by atoms with Crippen molar-refractivity contribution in [1.82, 2.24) is 0 Å². The number of anilines is 1. The summed E-state index contributed by atoms with van der Waals surface area (Å²) in [6.45, 7) is 0.869. The molecule has 0 aliphatic carbocycles. The molecule has 0 amide bonds. The monoisotopic (exact) mass is 277 g/mol. The molecule has 0 fully saturated rings. The largest absolute Gasteiger partial charge is 0.456 e. The van der Waals surface area contributed by atoms with Gasteiger partial charge in [0.25, 0.3) is 0 Å². The van der Waals surface area contributed by atoms with Gasteiger partial charge in [-0.25, -0.2) is 4.79 Å². The van der Waals surface area contributed by atoms with Crippen LogP contribution < -0.4 is 5.32 Å². The molecular weight excluding hydrogens is 262 g/mol. The van der Waals surface area contributed by atoms with Gasteiger partial charge in [0, 0.05) is 17.1 Å². The average Bonchev–Trinajstić information content (AvgIpc) is 2.96. The number of rotatable bonds is 6. The average molecular weight is 277 g/mol. The van der Waals surface area contributed by atoms with E-state index < -0.39 is 0 Å². The van der Waals surface area contributed by atoms with E-state index in [1.54, 1.807) is 35.6 Å². The van der Waals surface area contributed by atoms with Gasteiger partial charge in [-0.15, -0.1) is 11.3 Å². The second-order valence-electron chi connectivity index (χ2n) is 3.88. The number of nitrogens with one attached hydrogen (secondary N) is 1. The quantitative estimate of drug-likeness (QED) is 0.797. The Morgan fingerprint density at radius 1 is 1.26 bits per heavy atom. The molecule has 0 unspecified atom stereocenters. The molecule has 2 aromatic rings. The smallest absolute Gasteiger partial charge is 0.338 e. The van der Waals surface area contributed by atoms with E-state index in [2.05, 4.69) is 5.32 Å². The molecule has 19 heavy (non-hydrogen) atoms. The third-order valence-electron chi connectivity index (χ3n) is 2.49. The summed E-state index contributed by atoms with van der Waals surface area (Å²) in [5.41, 5.74) is 1.38. The lowest BCUT2D eigenvalue weighted by Gasteiger charge is -2.06. The third-order valence-corrected chi connectivity index (χ3v) is 3.34. The van der Waals surface area contributed by atoms with E-state index in [4.69, 9.17) is 9.84 Å². The normalized spacial score (nSPS) is 10.2. The summed E-state index contributed by atoms with van der Waals surface area (Å²) in [6.07, 6.45) is 0. The molecule has 0 saturated heterocycles. The zero-order valence-corrected chi connectivity index (χ0v) is 11.2. The van der Waals surface area contributed by atoms with E-state index in [1.165, 1.54) is 0 Å². The molecule has 0 atom stereocenters. The van der Waals surface area contributed by atoms with Crippen LogP contribution in [0.1, 0.15) is 15.2 Å². The molecule has 1 aromatic heterocycles. The van der Waals surface area contributed by atoms with Crippen LogP contribution in [0.2, 0.25) is 0 Å². The fourth-order valence-electron chi connectivity index (χ4n) is 1.54. The van der Waals surface area contributed by atoms with Crippen molar-refractivity contribution in [3.05, 3.63) is 52.2 Å². The number of esters is 1. The summed E-state index contributed by atoms with van der Waals surface area (Å²) < 4.78 is 5.20. The summed E-state index contributed by atoms with van der Waals surface area (Å²) in [6, 6.07) is 10.8. The topological polar surface area (TPSA) is 58.6 Å². The first-order valence-corrected chi connectivity index (χ1v) is 6.82. The molecule has 4 nitrogen and oxygen atoms in total. The molecule has 1 heterocycles. The van der Waals surface area contributed by atoms with Gasteiger partial charge in [-0.1, -0.05) is 6.07 Å². The van der Waals surface area contributed by atoms with Crippen LogP contribution in [0.15, 0.2) is 41.8 Å². The van der Waals surface area contributed by atoms with Gasteiger partial charge < -0.3 is 15.2 Å². The van der Waals surface area contributed by atoms with Crippen molar-refractivity contribution in [2.45, 2.75) is 6.61 Å². The van der Waals surface area contributed by atoms with Crippen LogP contribution in [0.5, 0.6) is 0 Å². The van der Waals surface area contributed by atoms with E-state index in [9.17, 15) is 4.79 Å². The second-order valence-corrected chi connectivity index (χ2v) is 4.92. The Labute approximate surface area is 115 Å². The maximum absolute atomic E-state index is 11.8.